The van der Waals surface area contributed by atoms with Crippen molar-refractivity contribution in [3.8, 4) is 0 Å². The first kappa shape index (κ1) is 18.9. The Kier molecular flexibility index (Phi) is 7.47. The normalized spacial score (nSPS) is 12.0. The summed E-state index contributed by atoms with van der Waals surface area (Å²) in [5.41, 5.74) is -0.348. The topological polar surface area (TPSA) is 88.8 Å². The fourth-order valence-electron chi connectivity index (χ4n) is 2.12. The summed E-state index contributed by atoms with van der Waals surface area (Å²) in [6.07, 6.45) is 2.15. The fourth-order valence-corrected chi connectivity index (χ4v) is 2.12. The number of hydrogen-bond acceptors (Lipinski definition) is 4. The maximum Gasteiger partial charge on any atom is 0.308 e. The van der Waals surface area contributed by atoms with Crippen LogP contribution < -0.4 is 5.56 Å². The van der Waals surface area contributed by atoms with E-state index in [-0.39, 0.29) is 12.1 Å². The molecule has 7 heteroatoms. The predicted octanol–water partition coefficient (Wildman–Crippen LogP) is 0.975. The van der Waals surface area contributed by atoms with Gasteiger partial charge in [-0.1, -0.05) is 6.92 Å². The average Bonchev–Trinajstić information content (AvgIpc) is 2.52. The number of aryl methyl sites for hydroxylation is 1. The second kappa shape index (κ2) is 9.09. The summed E-state index contributed by atoms with van der Waals surface area (Å²) in [6.45, 7) is 4.87. The standard InChI is InChI=1S/C16H24N2O5/c1-4-23-10-6-9-18(11-12(2)16(21)22)15(20)13-7-5-8-17(3)14(13)19/h5,7-8,12H,4,6,9-11H2,1-3H3,(H,21,22). The van der Waals surface area contributed by atoms with Crippen LogP contribution in [0.3, 0.4) is 0 Å². The molecule has 0 aliphatic heterocycles. The summed E-state index contributed by atoms with van der Waals surface area (Å²) >= 11 is 0. The second-order valence-electron chi connectivity index (χ2n) is 5.38. The lowest BCUT2D eigenvalue weighted by molar-refractivity contribution is -0.141. The van der Waals surface area contributed by atoms with Crippen LogP contribution in [0.25, 0.3) is 0 Å². The highest BCUT2D eigenvalue weighted by Crippen LogP contribution is 2.07. The number of carboxylic acids is 1. The summed E-state index contributed by atoms with van der Waals surface area (Å²) in [5.74, 6) is -2.14. The van der Waals surface area contributed by atoms with E-state index in [2.05, 4.69) is 0 Å². The maximum absolute atomic E-state index is 12.6. The Morgan fingerprint density at radius 2 is 2.13 bits per heavy atom. The van der Waals surface area contributed by atoms with Crippen LogP contribution in [0.15, 0.2) is 23.1 Å². The van der Waals surface area contributed by atoms with Gasteiger partial charge in [-0.15, -0.1) is 0 Å². The van der Waals surface area contributed by atoms with E-state index in [9.17, 15) is 14.4 Å². The molecule has 0 saturated carbocycles. The Labute approximate surface area is 135 Å². The van der Waals surface area contributed by atoms with Crippen molar-refractivity contribution in [2.75, 3.05) is 26.3 Å². The number of aromatic nitrogens is 1. The third-order valence-electron chi connectivity index (χ3n) is 3.48. The molecule has 0 fully saturated rings. The first-order valence-corrected chi connectivity index (χ1v) is 7.64. The van der Waals surface area contributed by atoms with Gasteiger partial charge in [-0.25, -0.2) is 0 Å². The highest BCUT2D eigenvalue weighted by atomic mass is 16.5. The van der Waals surface area contributed by atoms with E-state index in [1.165, 1.54) is 22.5 Å². The van der Waals surface area contributed by atoms with E-state index < -0.39 is 23.4 Å². The highest BCUT2D eigenvalue weighted by Gasteiger charge is 2.23. The molecule has 1 aromatic heterocycles. The Hall–Kier alpha value is -2.15. The Morgan fingerprint density at radius 3 is 2.74 bits per heavy atom. The zero-order chi connectivity index (χ0) is 17.4. The summed E-state index contributed by atoms with van der Waals surface area (Å²) in [7, 11) is 1.57. The van der Waals surface area contributed by atoms with Crippen LogP contribution in [-0.4, -0.2) is 52.8 Å². The van der Waals surface area contributed by atoms with E-state index in [1.54, 1.807) is 19.3 Å². The van der Waals surface area contributed by atoms with Gasteiger partial charge in [0.25, 0.3) is 11.5 Å². The lowest BCUT2D eigenvalue weighted by atomic mass is 10.1. The zero-order valence-electron chi connectivity index (χ0n) is 13.8. The predicted molar refractivity (Wildman–Crippen MR) is 85.5 cm³/mol. The van der Waals surface area contributed by atoms with E-state index in [0.29, 0.717) is 26.2 Å². The van der Waals surface area contributed by atoms with E-state index in [0.717, 1.165) is 0 Å². The molecule has 7 nitrogen and oxygen atoms in total. The van der Waals surface area contributed by atoms with Crippen LogP contribution in [0.4, 0.5) is 0 Å². The molecule has 0 radical (unpaired) electrons. The van der Waals surface area contributed by atoms with Gasteiger partial charge in [0, 0.05) is 39.5 Å². The van der Waals surface area contributed by atoms with Gasteiger partial charge in [-0.2, -0.15) is 0 Å². The molecule has 0 aliphatic rings. The Bertz CT molecular complexity index is 596. The molecule has 0 spiro atoms. The van der Waals surface area contributed by atoms with Crippen LogP contribution in [0.1, 0.15) is 30.6 Å². The van der Waals surface area contributed by atoms with Crippen molar-refractivity contribution < 1.29 is 19.4 Å². The van der Waals surface area contributed by atoms with E-state index in [4.69, 9.17) is 9.84 Å². The number of amides is 1. The van der Waals surface area contributed by atoms with Gasteiger partial charge in [-0.3, -0.25) is 14.4 Å². The van der Waals surface area contributed by atoms with Crippen molar-refractivity contribution in [3.63, 3.8) is 0 Å². The van der Waals surface area contributed by atoms with Gasteiger partial charge in [-0.05, 0) is 25.5 Å². The molecular formula is C16H24N2O5. The third kappa shape index (κ3) is 5.52. The van der Waals surface area contributed by atoms with Crippen molar-refractivity contribution in [2.24, 2.45) is 13.0 Å². The van der Waals surface area contributed by atoms with Crippen molar-refractivity contribution >= 4 is 11.9 Å². The summed E-state index contributed by atoms with van der Waals surface area (Å²) in [5, 5.41) is 9.06. The minimum atomic E-state index is -0.978. The largest absolute Gasteiger partial charge is 0.481 e. The summed E-state index contributed by atoms with van der Waals surface area (Å²) in [4.78, 5) is 37.2. The number of ether oxygens (including phenoxy) is 1. The second-order valence-corrected chi connectivity index (χ2v) is 5.38. The molecular weight excluding hydrogens is 300 g/mol. The molecule has 0 aliphatic carbocycles. The number of carboxylic acid groups (broad SMARTS) is 1. The van der Waals surface area contributed by atoms with Crippen molar-refractivity contribution in [3.05, 3.63) is 34.2 Å². The molecule has 1 amide bonds. The minimum absolute atomic E-state index is 0.0454. The first-order chi connectivity index (χ1) is 10.9. The number of carbonyl (C=O) groups excluding carboxylic acids is 1. The molecule has 1 aromatic rings. The van der Waals surface area contributed by atoms with Crippen molar-refractivity contribution in [1.29, 1.82) is 0 Å². The van der Waals surface area contributed by atoms with Gasteiger partial charge < -0.3 is 19.3 Å². The highest BCUT2D eigenvalue weighted by molar-refractivity contribution is 5.94. The molecule has 1 rings (SSSR count). The number of nitrogens with zero attached hydrogens (tertiary/aromatic N) is 2. The zero-order valence-corrected chi connectivity index (χ0v) is 13.8. The van der Waals surface area contributed by atoms with Gasteiger partial charge >= 0.3 is 5.97 Å². The molecule has 0 bridgehead atoms. The summed E-state index contributed by atoms with van der Waals surface area (Å²) < 4.78 is 6.57. The number of carbonyl (C=O) groups is 2. The van der Waals surface area contributed by atoms with Crippen LogP contribution in [0.2, 0.25) is 0 Å². The quantitative estimate of drug-likeness (QED) is 0.684. The molecule has 1 heterocycles. The van der Waals surface area contributed by atoms with Crippen LogP contribution in [0.5, 0.6) is 0 Å². The molecule has 0 aromatic carbocycles. The van der Waals surface area contributed by atoms with Gasteiger partial charge in [0.15, 0.2) is 0 Å². The molecule has 0 saturated heterocycles. The molecule has 1 unspecified atom stereocenters. The number of hydrogen-bond donors (Lipinski definition) is 1. The smallest absolute Gasteiger partial charge is 0.308 e. The van der Waals surface area contributed by atoms with E-state index >= 15 is 0 Å². The Balaban J connectivity index is 2.92. The summed E-state index contributed by atoms with van der Waals surface area (Å²) in [6, 6.07) is 3.08. The number of aliphatic carboxylic acids is 1. The molecule has 1 N–H and O–H groups in total. The molecule has 23 heavy (non-hydrogen) atoms. The fraction of sp³-hybridized carbons (Fsp3) is 0.562. The Morgan fingerprint density at radius 1 is 1.43 bits per heavy atom. The van der Waals surface area contributed by atoms with Crippen LogP contribution >= 0.6 is 0 Å². The SMILES string of the molecule is CCOCCCN(CC(C)C(=O)O)C(=O)c1cccn(C)c1=O. The van der Waals surface area contributed by atoms with Gasteiger partial charge in [0.1, 0.15) is 5.56 Å². The van der Waals surface area contributed by atoms with Gasteiger partial charge in [0.2, 0.25) is 0 Å². The van der Waals surface area contributed by atoms with Crippen LogP contribution in [-0.2, 0) is 16.6 Å². The molecule has 128 valence electrons. The third-order valence-corrected chi connectivity index (χ3v) is 3.48. The number of pyridine rings is 1. The average molecular weight is 324 g/mol. The lowest BCUT2D eigenvalue weighted by Crippen LogP contribution is -2.40. The van der Waals surface area contributed by atoms with Crippen molar-refractivity contribution in [1.82, 2.24) is 9.47 Å². The monoisotopic (exact) mass is 324 g/mol. The van der Waals surface area contributed by atoms with Crippen molar-refractivity contribution in [2.45, 2.75) is 20.3 Å². The van der Waals surface area contributed by atoms with Gasteiger partial charge in [0.05, 0.1) is 5.92 Å². The lowest BCUT2D eigenvalue weighted by Gasteiger charge is -2.24. The maximum atomic E-state index is 12.6. The minimum Gasteiger partial charge on any atom is -0.481 e. The first-order valence-electron chi connectivity index (χ1n) is 7.64. The molecule has 1 atom stereocenters. The van der Waals surface area contributed by atoms with E-state index in [1.807, 2.05) is 6.92 Å². The number of rotatable bonds is 9. The van der Waals surface area contributed by atoms with Crippen LogP contribution in [0, 0.1) is 5.92 Å².